The maximum Gasteiger partial charge on any atom is 0.0743 e. The molecular formula is C15H22N2O. The van der Waals surface area contributed by atoms with Crippen LogP contribution in [0.1, 0.15) is 32.3 Å². The first kappa shape index (κ1) is 13.1. The molecule has 2 rings (SSSR count). The molecule has 0 aliphatic heterocycles. The number of H-pyrrole nitrogens is 1. The van der Waals surface area contributed by atoms with E-state index < -0.39 is 5.60 Å². The normalized spacial score (nSPS) is 14.8. The van der Waals surface area contributed by atoms with E-state index in [1.807, 2.05) is 13.1 Å². The second-order valence-corrected chi connectivity index (χ2v) is 5.25. The summed E-state index contributed by atoms with van der Waals surface area (Å²) in [6.45, 7) is 5.40. The molecule has 0 radical (unpaired) electrons. The molecule has 1 heterocycles. The predicted octanol–water partition coefficient (Wildman–Crippen LogP) is 2.81. The Hall–Kier alpha value is -1.32. The average Bonchev–Trinajstić information content (AvgIpc) is 2.75. The van der Waals surface area contributed by atoms with Gasteiger partial charge in [-0.2, -0.15) is 0 Å². The molecule has 1 aromatic carbocycles. The van der Waals surface area contributed by atoms with Gasteiger partial charge in [0.15, 0.2) is 0 Å². The summed E-state index contributed by atoms with van der Waals surface area (Å²) in [6.07, 6.45) is 3.79. The van der Waals surface area contributed by atoms with E-state index in [9.17, 15) is 5.11 Å². The van der Waals surface area contributed by atoms with Crippen molar-refractivity contribution < 1.29 is 5.11 Å². The maximum atomic E-state index is 10.1. The molecule has 0 saturated heterocycles. The lowest BCUT2D eigenvalue weighted by Crippen LogP contribution is -2.37. The Morgan fingerprint density at radius 3 is 2.94 bits per heavy atom. The van der Waals surface area contributed by atoms with E-state index in [1.165, 1.54) is 10.9 Å². The molecule has 0 aliphatic rings. The molecule has 3 N–H and O–H groups in total. The molecule has 0 fully saturated rings. The fourth-order valence-electron chi connectivity index (χ4n) is 2.32. The highest BCUT2D eigenvalue weighted by Crippen LogP contribution is 2.15. The van der Waals surface area contributed by atoms with E-state index in [4.69, 9.17) is 0 Å². The van der Waals surface area contributed by atoms with Gasteiger partial charge in [0, 0.05) is 24.8 Å². The fraction of sp³-hybridized carbons (Fsp3) is 0.467. The highest BCUT2D eigenvalue weighted by atomic mass is 16.3. The first-order valence-electron chi connectivity index (χ1n) is 6.60. The number of hydrogen-bond acceptors (Lipinski definition) is 2. The number of nitrogens with one attached hydrogen (secondary N) is 2. The Balaban J connectivity index is 1.90. The molecule has 0 bridgehead atoms. The molecule has 0 amide bonds. The van der Waals surface area contributed by atoms with Crippen LogP contribution in [0.2, 0.25) is 0 Å². The summed E-state index contributed by atoms with van der Waals surface area (Å²) in [6, 6.07) is 8.45. The summed E-state index contributed by atoms with van der Waals surface area (Å²) in [7, 11) is 0. The summed E-state index contributed by atoms with van der Waals surface area (Å²) in [5.41, 5.74) is 1.80. The van der Waals surface area contributed by atoms with Gasteiger partial charge in [0.05, 0.1) is 5.60 Å². The zero-order valence-corrected chi connectivity index (χ0v) is 11.2. The van der Waals surface area contributed by atoms with Gasteiger partial charge in [-0.25, -0.2) is 0 Å². The van der Waals surface area contributed by atoms with Crippen molar-refractivity contribution in [3.63, 3.8) is 0 Å². The zero-order chi connectivity index (χ0) is 13.0. The van der Waals surface area contributed by atoms with Crippen molar-refractivity contribution in [2.24, 2.45) is 0 Å². The number of aromatic amines is 1. The molecule has 3 heteroatoms. The number of benzene rings is 1. The van der Waals surface area contributed by atoms with Crippen LogP contribution < -0.4 is 5.32 Å². The van der Waals surface area contributed by atoms with E-state index in [-0.39, 0.29) is 0 Å². The fourth-order valence-corrected chi connectivity index (χ4v) is 2.32. The number of aliphatic hydroxyl groups is 1. The Bertz CT molecular complexity index is 502. The molecule has 1 atom stereocenters. The van der Waals surface area contributed by atoms with Crippen LogP contribution in [0, 0.1) is 0 Å². The standard InChI is InChI=1S/C15H22N2O/c1-3-7-15(2,18)11-16-10-12-4-5-14-13(9-12)6-8-17-14/h4-6,8-9,16-18H,3,7,10-11H2,1-2H3. The Morgan fingerprint density at radius 2 is 2.17 bits per heavy atom. The number of hydrogen-bond donors (Lipinski definition) is 3. The van der Waals surface area contributed by atoms with Crippen molar-refractivity contribution in [1.29, 1.82) is 0 Å². The predicted molar refractivity (Wildman–Crippen MR) is 75.5 cm³/mol. The second-order valence-electron chi connectivity index (χ2n) is 5.25. The molecule has 98 valence electrons. The third kappa shape index (κ3) is 3.34. The van der Waals surface area contributed by atoms with Crippen LogP contribution in [-0.2, 0) is 6.54 Å². The van der Waals surface area contributed by atoms with Crippen LogP contribution in [0.15, 0.2) is 30.5 Å². The van der Waals surface area contributed by atoms with Crippen LogP contribution >= 0.6 is 0 Å². The van der Waals surface area contributed by atoms with Gasteiger partial charge in [0.2, 0.25) is 0 Å². The SMILES string of the molecule is CCCC(C)(O)CNCc1ccc2[nH]ccc2c1. The monoisotopic (exact) mass is 246 g/mol. The largest absolute Gasteiger partial charge is 0.389 e. The second kappa shape index (κ2) is 5.55. The van der Waals surface area contributed by atoms with Crippen molar-refractivity contribution in [3.05, 3.63) is 36.0 Å². The van der Waals surface area contributed by atoms with E-state index in [0.717, 1.165) is 24.9 Å². The van der Waals surface area contributed by atoms with Gasteiger partial charge in [0.25, 0.3) is 0 Å². The minimum atomic E-state index is -0.604. The molecule has 3 nitrogen and oxygen atoms in total. The van der Waals surface area contributed by atoms with E-state index in [0.29, 0.717) is 6.54 Å². The summed E-state index contributed by atoms with van der Waals surface area (Å²) in [5.74, 6) is 0. The Morgan fingerprint density at radius 1 is 1.33 bits per heavy atom. The van der Waals surface area contributed by atoms with Crippen LogP contribution in [0.5, 0.6) is 0 Å². The van der Waals surface area contributed by atoms with Crippen LogP contribution in [0.4, 0.5) is 0 Å². The molecule has 1 aromatic heterocycles. The molecule has 0 spiro atoms. The molecule has 2 aromatic rings. The first-order valence-corrected chi connectivity index (χ1v) is 6.60. The molecule has 0 saturated carbocycles. The van der Waals surface area contributed by atoms with Gasteiger partial charge >= 0.3 is 0 Å². The smallest absolute Gasteiger partial charge is 0.0743 e. The maximum absolute atomic E-state index is 10.1. The van der Waals surface area contributed by atoms with E-state index >= 15 is 0 Å². The first-order chi connectivity index (χ1) is 8.61. The minimum Gasteiger partial charge on any atom is -0.389 e. The topological polar surface area (TPSA) is 48.0 Å². The van der Waals surface area contributed by atoms with E-state index in [2.05, 4.69) is 41.5 Å². The quantitative estimate of drug-likeness (QED) is 0.734. The van der Waals surface area contributed by atoms with Gasteiger partial charge in [-0.3, -0.25) is 0 Å². The molecule has 1 unspecified atom stereocenters. The van der Waals surface area contributed by atoms with Crippen molar-refractivity contribution in [1.82, 2.24) is 10.3 Å². The lowest BCUT2D eigenvalue weighted by Gasteiger charge is -2.23. The Labute approximate surface area is 108 Å². The Kier molecular flexibility index (Phi) is 4.04. The van der Waals surface area contributed by atoms with Crippen molar-refractivity contribution in [2.45, 2.75) is 38.8 Å². The number of fused-ring (bicyclic) bond motifs is 1. The third-order valence-electron chi connectivity index (χ3n) is 3.24. The van der Waals surface area contributed by atoms with Gasteiger partial charge in [-0.1, -0.05) is 19.4 Å². The lowest BCUT2D eigenvalue weighted by atomic mass is 10.0. The van der Waals surface area contributed by atoms with Crippen LogP contribution in [0.3, 0.4) is 0 Å². The minimum absolute atomic E-state index is 0.604. The summed E-state index contributed by atoms with van der Waals surface area (Å²) >= 11 is 0. The average molecular weight is 246 g/mol. The van der Waals surface area contributed by atoms with Crippen LogP contribution in [0.25, 0.3) is 10.9 Å². The van der Waals surface area contributed by atoms with Gasteiger partial charge in [0.1, 0.15) is 0 Å². The highest BCUT2D eigenvalue weighted by molar-refractivity contribution is 5.79. The van der Waals surface area contributed by atoms with E-state index in [1.54, 1.807) is 0 Å². The number of aromatic nitrogens is 1. The van der Waals surface area contributed by atoms with Crippen molar-refractivity contribution >= 4 is 10.9 Å². The van der Waals surface area contributed by atoms with Crippen molar-refractivity contribution in [3.8, 4) is 0 Å². The van der Waals surface area contributed by atoms with Gasteiger partial charge < -0.3 is 15.4 Å². The van der Waals surface area contributed by atoms with Gasteiger partial charge in [-0.05, 0) is 42.5 Å². The van der Waals surface area contributed by atoms with Gasteiger partial charge in [-0.15, -0.1) is 0 Å². The zero-order valence-electron chi connectivity index (χ0n) is 11.2. The molecular weight excluding hydrogens is 224 g/mol. The molecule has 0 aliphatic carbocycles. The third-order valence-corrected chi connectivity index (χ3v) is 3.24. The lowest BCUT2D eigenvalue weighted by molar-refractivity contribution is 0.0498. The van der Waals surface area contributed by atoms with Crippen molar-refractivity contribution in [2.75, 3.05) is 6.54 Å². The summed E-state index contributed by atoms with van der Waals surface area (Å²) in [5, 5.41) is 14.6. The molecule has 18 heavy (non-hydrogen) atoms. The number of rotatable bonds is 6. The summed E-state index contributed by atoms with van der Waals surface area (Å²) < 4.78 is 0. The summed E-state index contributed by atoms with van der Waals surface area (Å²) in [4.78, 5) is 3.18. The van der Waals surface area contributed by atoms with Crippen LogP contribution in [-0.4, -0.2) is 22.2 Å². The highest BCUT2D eigenvalue weighted by Gasteiger charge is 2.17.